The number of methoxy groups -OCH3 is 1. The van der Waals surface area contributed by atoms with Crippen molar-refractivity contribution < 1.29 is 43.3 Å². The summed E-state index contributed by atoms with van der Waals surface area (Å²) in [5.41, 5.74) is -6.09. The monoisotopic (exact) mass is 518 g/mol. The predicted octanol–water partition coefficient (Wildman–Crippen LogP) is 2.57. The fraction of sp³-hybridized carbons (Fsp3) is 0.750. The van der Waals surface area contributed by atoms with Gasteiger partial charge in [0, 0.05) is 29.6 Å². The van der Waals surface area contributed by atoms with Gasteiger partial charge in [-0.3, -0.25) is 19.2 Å². The standard InChI is InChI=1S/C28H38O9/c1-13-10-16-26(6)15(24(3,4)17(30)12-18(26)31)11-19(36-14(2)29)27(16,7)20-21(32)37-28(8,23(34)35-9)22(33)25(13,20)5/h15-16,18-20,31H,1,10-12H2,2-9H3/t15-,16+,18-,19+,20+,25+,26-,27-,28+/m0/s1. The number of allylic oxidation sites excluding steroid dienone is 1. The molecule has 204 valence electrons. The Morgan fingerprint density at radius 1 is 1.00 bits per heavy atom. The Bertz CT molecular complexity index is 1120. The molecule has 9 nitrogen and oxygen atoms in total. The van der Waals surface area contributed by atoms with Crippen LogP contribution in [-0.2, 0) is 38.2 Å². The van der Waals surface area contributed by atoms with Crippen LogP contribution < -0.4 is 0 Å². The Morgan fingerprint density at radius 3 is 2.14 bits per heavy atom. The van der Waals surface area contributed by atoms with Gasteiger partial charge in [0.05, 0.1) is 24.5 Å². The van der Waals surface area contributed by atoms with Crippen molar-refractivity contribution in [1.29, 1.82) is 0 Å². The van der Waals surface area contributed by atoms with Gasteiger partial charge in [0.25, 0.3) is 5.60 Å². The first-order valence-electron chi connectivity index (χ1n) is 12.8. The van der Waals surface area contributed by atoms with Crippen molar-refractivity contribution in [3.05, 3.63) is 12.2 Å². The molecule has 0 radical (unpaired) electrons. The number of carbonyl (C=O) groups excluding carboxylic acids is 5. The number of fused-ring (bicyclic) bond motifs is 5. The second-order valence-electron chi connectivity index (χ2n) is 12.8. The van der Waals surface area contributed by atoms with Crippen molar-refractivity contribution in [3.63, 3.8) is 0 Å². The lowest BCUT2D eigenvalue weighted by Crippen LogP contribution is -2.75. The molecule has 0 unspecified atom stereocenters. The number of carbonyl (C=O) groups is 5. The van der Waals surface area contributed by atoms with E-state index in [4.69, 9.17) is 14.2 Å². The highest BCUT2D eigenvalue weighted by molar-refractivity contribution is 6.15. The van der Waals surface area contributed by atoms with Crippen molar-refractivity contribution in [3.8, 4) is 0 Å². The van der Waals surface area contributed by atoms with Gasteiger partial charge in [-0.2, -0.15) is 0 Å². The number of Topliss-reactive ketones (excluding diaryl/α,β-unsaturated/α-hetero) is 2. The first-order valence-corrected chi connectivity index (χ1v) is 12.8. The summed E-state index contributed by atoms with van der Waals surface area (Å²) in [6.45, 7) is 15.7. The van der Waals surface area contributed by atoms with Crippen molar-refractivity contribution >= 4 is 29.5 Å². The third kappa shape index (κ3) is 3.15. The fourth-order valence-corrected chi connectivity index (χ4v) is 8.65. The molecule has 0 bridgehead atoms. The summed E-state index contributed by atoms with van der Waals surface area (Å²) in [5, 5.41) is 11.4. The molecule has 37 heavy (non-hydrogen) atoms. The average molecular weight is 519 g/mol. The summed E-state index contributed by atoms with van der Waals surface area (Å²) in [4.78, 5) is 66.0. The zero-order valence-electron chi connectivity index (χ0n) is 22.9. The zero-order chi connectivity index (χ0) is 28.1. The van der Waals surface area contributed by atoms with Gasteiger partial charge >= 0.3 is 17.9 Å². The molecular formula is C28H38O9. The van der Waals surface area contributed by atoms with Crippen LogP contribution in [0.4, 0.5) is 0 Å². The highest BCUT2D eigenvalue weighted by Gasteiger charge is 2.77. The van der Waals surface area contributed by atoms with E-state index in [0.717, 1.165) is 7.11 Å². The summed E-state index contributed by atoms with van der Waals surface area (Å²) in [6, 6.07) is 0. The van der Waals surface area contributed by atoms with E-state index in [-0.39, 0.29) is 31.0 Å². The summed E-state index contributed by atoms with van der Waals surface area (Å²) < 4.78 is 16.3. The molecule has 3 saturated carbocycles. The van der Waals surface area contributed by atoms with Crippen LogP contribution in [0.15, 0.2) is 12.2 Å². The second kappa shape index (κ2) is 7.98. The maximum absolute atomic E-state index is 14.0. The Kier molecular flexibility index (Phi) is 5.93. The molecule has 4 rings (SSSR count). The van der Waals surface area contributed by atoms with E-state index in [1.165, 1.54) is 13.8 Å². The molecule has 9 atom stereocenters. The van der Waals surface area contributed by atoms with Crippen molar-refractivity contribution in [2.24, 2.45) is 39.4 Å². The minimum absolute atomic E-state index is 0.0387. The van der Waals surface area contributed by atoms with Gasteiger partial charge < -0.3 is 19.3 Å². The van der Waals surface area contributed by atoms with E-state index < -0.39 is 75.0 Å². The molecule has 1 heterocycles. The molecule has 1 aliphatic heterocycles. The summed E-state index contributed by atoms with van der Waals surface area (Å²) in [5.74, 6) is -5.06. The maximum Gasteiger partial charge on any atom is 0.358 e. The largest absolute Gasteiger partial charge is 0.466 e. The van der Waals surface area contributed by atoms with Crippen LogP contribution in [0.5, 0.6) is 0 Å². The first-order chi connectivity index (χ1) is 16.8. The summed E-state index contributed by atoms with van der Waals surface area (Å²) in [7, 11) is 1.11. The molecule has 9 heteroatoms. The predicted molar refractivity (Wildman–Crippen MR) is 130 cm³/mol. The van der Waals surface area contributed by atoms with Crippen LogP contribution in [0, 0.1) is 39.4 Å². The second-order valence-corrected chi connectivity index (χ2v) is 12.8. The number of esters is 3. The minimum Gasteiger partial charge on any atom is -0.466 e. The number of cyclic esters (lactones) is 1. The van der Waals surface area contributed by atoms with E-state index in [0.29, 0.717) is 5.57 Å². The summed E-state index contributed by atoms with van der Waals surface area (Å²) in [6.07, 6.45) is -1.46. The Hall–Kier alpha value is -2.55. The summed E-state index contributed by atoms with van der Waals surface area (Å²) >= 11 is 0. The average Bonchev–Trinajstić information content (AvgIpc) is 2.79. The Morgan fingerprint density at radius 2 is 1.59 bits per heavy atom. The highest BCUT2D eigenvalue weighted by atomic mass is 16.6. The number of ether oxygens (including phenoxy) is 3. The minimum atomic E-state index is -2.15. The lowest BCUT2D eigenvalue weighted by atomic mass is 9.34. The normalized spacial score (nSPS) is 46.7. The molecule has 0 amide bonds. The smallest absolute Gasteiger partial charge is 0.358 e. The topological polar surface area (TPSA) is 133 Å². The van der Waals surface area contributed by atoms with Crippen LogP contribution >= 0.6 is 0 Å². The molecule has 4 fully saturated rings. The molecule has 1 saturated heterocycles. The number of aliphatic hydroxyl groups is 1. The van der Waals surface area contributed by atoms with Gasteiger partial charge in [0.1, 0.15) is 11.9 Å². The number of hydrogen-bond donors (Lipinski definition) is 1. The van der Waals surface area contributed by atoms with Gasteiger partial charge in [-0.1, -0.05) is 39.8 Å². The SMILES string of the molecule is C=C1C[C@@H]2[C@@]3(C)[C@@H](O)CC(=O)C(C)(C)[C@@H]3C[C@@H](OC(C)=O)[C@@]2(C)[C@@H]2C(=O)O[C@@](C)(C(=O)OC)C(=O)[C@]12C. The van der Waals surface area contributed by atoms with E-state index in [1.54, 1.807) is 13.8 Å². The van der Waals surface area contributed by atoms with E-state index >= 15 is 0 Å². The fourth-order valence-electron chi connectivity index (χ4n) is 8.65. The van der Waals surface area contributed by atoms with Crippen LogP contribution in [0.2, 0.25) is 0 Å². The number of rotatable bonds is 2. The van der Waals surface area contributed by atoms with Crippen molar-refractivity contribution in [1.82, 2.24) is 0 Å². The Labute approximate surface area is 217 Å². The van der Waals surface area contributed by atoms with Crippen LogP contribution in [0.3, 0.4) is 0 Å². The molecule has 1 N–H and O–H groups in total. The third-order valence-electron chi connectivity index (χ3n) is 10.8. The molecule has 0 aromatic heterocycles. The molecule has 4 aliphatic rings. The van der Waals surface area contributed by atoms with E-state index in [1.807, 2.05) is 20.8 Å². The number of ketones is 2. The molecule has 0 spiro atoms. The third-order valence-corrected chi connectivity index (χ3v) is 10.8. The van der Waals surface area contributed by atoms with Gasteiger partial charge in [0.15, 0.2) is 5.78 Å². The van der Waals surface area contributed by atoms with Crippen molar-refractivity contribution in [2.75, 3.05) is 7.11 Å². The van der Waals surface area contributed by atoms with Gasteiger partial charge in [-0.05, 0) is 38.5 Å². The van der Waals surface area contributed by atoms with Crippen LogP contribution in [0.25, 0.3) is 0 Å². The lowest BCUT2D eigenvalue weighted by molar-refractivity contribution is -0.263. The zero-order valence-corrected chi connectivity index (χ0v) is 22.9. The number of aliphatic hydroxyl groups excluding tert-OH is 1. The Balaban J connectivity index is 1.97. The number of hydrogen-bond acceptors (Lipinski definition) is 9. The quantitative estimate of drug-likeness (QED) is 0.253. The maximum atomic E-state index is 14.0. The first kappa shape index (κ1) is 27.5. The van der Waals surface area contributed by atoms with Gasteiger partial charge in [-0.25, -0.2) is 4.79 Å². The molecule has 0 aromatic carbocycles. The molecule has 0 aromatic rings. The highest BCUT2D eigenvalue weighted by Crippen LogP contribution is 2.72. The molecular weight excluding hydrogens is 480 g/mol. The lowest BCUT2D eigenvalue weighted by Gasteiger charge is -2.70. The van der Waals surface area contributed by atoms with Crippen molar-refractivity contribution in [2.45, 2.75) is 85.5 Å². The van der Waals surface area contributed by atoms with E-state index in [9.17, 15) is 29.1 Å². The van der Waals surface area contributed by atoms with Crippen LogP contribution in [0.1, 0.15) is 67.7 Å². The van der Waals surface area contributed by atoms with Gasteiger partial charge in [0.2, 0.25) is 0 Å². The van der Waals surface area contributed by atoms with Crippen LogP contribution in [-0.4, -0.2) is 59.5 Å². The molecule has 3 aliphatic carbocycles. The van der Waals surface area contributed by atoms with Gasteiger partial charge in [-0.15, -0.1) is 0 Å². The van der Waals surface area contributed by atoms with E-state index in [2.05, 4.69) is 6.58 Å².